The quantitative estimate of drug-likeness (QED) is 0.839. The molecule has 0 N–H and O–H groups in total. The first-order valence-corrected chi connectivity index (χ1v) is 9.38. The van der Waals surface area contributed by atoms with Crippen LogP contribution in [0, 0.1) is 0 Å². The number of fused-ring (bicyclic) bond motifs is 1. The lowest BCUT2D eigenvalue weighted by atomic mass is 9.97. The van der Waals surface area contributed by atoms with Gasteiger partial charge in [-0.1, -0.05) is 54.8 Å². The van der Waals surface area contributed by atoms with Crippen LogP contribution in [0.25, 0.3) is 6.08 Å². The minimum absolute atomic E-state index is 0.255. The summed E-state index contributed by atoms with van der Waals surface area (Å²) < 4.78 is 0. The molecule has 1 amide bonds. The molecule has 2 heterocycles. The van der Waals surface area contributed by atoms with Gasteiger partial charge in [0.15, 0.2) is 0 Å². The maximum atomic E-state index is 12.1. The third kappa shape index (κ3) is 4.07. The Balaban J connectivity index is 1.70. The Labute approximate surface area is 146 Å². The molecule has 130 valence electrons. The second kappa shape index (κ2) is 7.98. The average Bonchev–Trinajstić information content (AvgIpc) is 2.89. The highest BCUT2D eigenvalue weighted by atomic mass is 16.2. The van der Waals surface area contributed by atoms with Gasteiger partial charge in [-0.15, -0.1) is 0 Å². The average molecular weight is 326 g/mol. The van der Waals surface area contributed by atoms with E-state index in [0.717, 1.165) is 32.5 Å². The Hall–Kier alpha value is -1.61. The highest BCUT2D eigenvalue weighted by Gasteiger charge is 2.38. The summed E-state index contributed by atoms with van der Waals surface area (Å²) in [5, 5.41) is 0. The second-order valence-electron chi connectivity index (χ2n) is 7.36. The van der Waals surface area contributed by atoms with Crippen molar-refractivity contribution in [3.05, 3.63) is 41.5 Å². The van der Waals surface area contributed by atoms with Crippen molar-refractivity contribution in [3.63, 3.8) is 0 Å². The summed E-state index contributed by atoms with van der Waals surface area (Å²) in [5.41, 5.74) is 2.67. The number of hydrogen-bond acceptors (Lipinski definition) is 2. The molecule has 2 saturated heterocycles. The van der Waals surface area contributed by atoms with Gasteiger partial charge in [0, 0.05) is 38.6 Å². The molecule has 0 saturated carbocycles. The molecule has 0 bridgehead atoms. The summed E-state index contributed by atoms with van der Waals surface area (Å²) in [6.45, 7) is 7.04. The summed E-state index contributed by atoms with van der Waals surface area (Å²) >= 11 is 0. The maximum Gasteiger partial charge on any atom is 0.219 e. The lowest BCUT2D eigenvalue weighted by Gasteiger charge is -2.37. The highest BCUT2D eigenvalue weighted by molar-refractivity contribution is 5.73. The van der Waals surface area contributed by atoms with Gasteiger partial charge in [-0.2, -0.15) is 0 Å². The van der Waals surface area contributed by atoms with E-state index in [9.17, 15) is 4.79 Å². The SMILES string of the molecule is CC(=O)N1CCCCC[C@@H]2[C@@H]1CCN2C/C(C)=C/c1ccccc1. The van der Waals surface area contributed by atoms with E-state index in [1.807, 2.05) is 0 Å². The number of likely N-dealkylation sites (tertiary alicyclic amines) is 2. The van der Waals surface area contributed by atoms with Gasteiger partial charge >= 0.3 is 0 Å². The number of rotatable bonds is 3. The van der Waals surface area contributed by atoms with Gasteiger partial charge in [0.2, 0.25) is 5.91 Å². The number of nitrogens with zero attached hydrogens (tertiary/aromatic N) is 2. The van der Waals surface area contributed by atoms with Gasteiger partial charge in [0.25, 0.3) is 0 Å². The van der Waals surface area contributed by atoms with E-state index in [-0.39, 0.29) is 5.91 Å². The summed E-state index contributed by atoms with van der Waals surface area (Å²) in [7, 11) is 0. The first kappa shape index (κ1) is 17.2. The second-order valence-corrected chi connectivity index (χ2v) is 7.36. The molecule has 0 aromatic heterocycles. The van der Waals surface area contributed by atoms with Crippen LogP contribution in [0.1, 0.15) is 51.5 Å². The molecule has 24 heavy (non-hydrogen) atoms. The third-order valence-corrected chi connectivity index (χ3v) is 5.49. The van der Waals surface area contributed by atoms with E-state index in [4.69, 9.17) is 0 Å². The van der Waals surface area contributed by atoms with E-state index >= 15 is 0 Å². The van der Waals surface area contributed by atoms with Crippen molar-refractivity contribution in [3.8, 4) is 0 Å². The largest absolute Gasteiger partial charge is 0.338 e. The molecule has 2 aliphatic heterocycles. The normalized spacial score (nSPS) is 25.9. The predicted octanol–water partition coefficient (Wildman–Crippen LogP) is 3.96. The lowest BCUT2D eigenvalue weighted by molar-refractivity contribution is -0.132. The van der Waals surface area contributed by atoms with Crippen molar-refractivity contribution in [2.24, 2.45) is 0 Å². The zero-order chi connectivity index (χ0) is 16.9. The van der Waals surface area contributed by atoms with Crippen LogP contribution < -0.4 is 0 Å². The van der Waals surface area contributed by atoms with Gasteiger partial charge in [-0.25, -0.2) is 0 Å². The molecule has 2 atom stereocenters. The van der Waals surface area contributed by atoms with Crippen molar-refractivity contribution >= 4 is 12.0 Å². The highest BCUT2D eigenvalue weighted by Crippen LogP contribution is 2.30. The van der Waals surface area contributed by atoms with E-state index < -0.39 is 0 Å². The first-order chi connectivity index (χ1) is 11.6. The monoisotopic (exact) mass is 326 g/mol. The van der Waals surface area contributed by atoms with Crippen LogP contribution in [0.15, 0.2) is 35.9 Å². The van der Waals surface area contributed by atoms with Crippen LogP contribution in [-0.2, 0) is 4.79 Å². The van der Waals surface area contributed by atoms with Crippen LogP contribution >= 0.6 is 0 Å². The number of carbonyl (C=O) groups is 1. The van der Waals surface area contributed by atoms with Gasteiger partial charge in [0.1, 0.15) is 0 Å². The van der Waals surface area contributed by atoms with Crippen molar-refractivity contribution < 1.29 is 4.79 Å². The third-order valence-electron chi connectivity index (χ3n) is 5.49. The molecule has 3 nitrogen and oxygen atoms in total. The van der Waals surface area contributed by atoms with Crippen LogP contribution in [0.2, 0.25) is 0 Å². The number of amides is 1. The van der Waals surface area contributed by atoms with E-state index in [1.165, 1.54) is 30.4 Å². The fraction of sp³-hybridized carbons (Fsp3) is 0.571. The number of carbonyl (C=O) groups excluding carboxylic acids is 1. The van der Waals surface area contributed by atoms with Gasteiger partial charge in [-0.05, 0) is 31.7 Å². The molecule has 3 heteroatoms. The Bertz CT molecular complexity index is 581. The van der Waals surface area contributed by atoms with Gasteiger partial charge in [-0.3, -0.25) is 9.69 Å². The molecule has 0 radical (unpaired) electrons. The van der Waals surface area contributed by atoms with Crippen molar-refractivity contribution in [2.75, 3.05) is 19.6 Å². The number of hydrogen-bond donors (Lipinski definition) is 0. The zero-order valence-electron chi connectivity index (χ0n) is 15.1. The van der Waals surface area contributed by atoms with Crippen molar-refractivity contribution in [1.82, 2.24) is 9.80 Å². The minimum atomic E-state index is 0.255. The molecule has 1 aromatic carbocycles. The molecule has 3 rings (SSSR count). The van der Waals surface area contributed by atoms with Gasteiger partial charge < -0.3 is 4.90 Å². The molecule has 2 aliphatic rings. The van der Waals surface area contributed by atoms with E-state index in [0.29, 0.717) is 12.1 Å². The van der Waals surface area contributed by atoms with Crippen LogP contribution in [0.3, 0.4) is 0 Å². The van der Waals surface area contributed by atoms with Crippen LogP contribution in [-0.4, -0.2) is 47.4 Å². The summed E-state index contributed by atoms with van der Waals surface area (Å²) in [4.78, 5) is 16.8. The van der Waals surface area contributed by atoms with Crippen LogP contribution in [0.5, 0.6) is 0 Å². The minimum Gasteiger partial charge on any atom is -0.338 e. The lowest BCUT2D eigenvalue weighted by Crippen LogP contribution is -2.48. The van der Waals surface area contributed by atoms with Crippen molar-refractivity contribution in [1.29, 1.82) is 0 Å². The molecule has 1 aromatic rings. The fourth-order valence-electron chi connectivity index (χ4n) is 4.40. The van der Waals surface area contributed by atoms with Crippen molar-refractivity contribution in [2.45, 2.75) is 58.0 Å². The summed E-state index contributed by atoms with van der Waals surface area (Å²) in [5.74, 6) is 0.255. The van der Waals surface area contributed by atoms with E-state index in [1.54, 1.807) is 6.92 Å². The maximum absolute atomic E-state index is 12.1. The molecule has 0 unspecified atom stereocenters. The standard InChI is InChI=1S/C21H30N2O/c1-17(15-19-9-5-3-6-10-19)16-22-14-12-21-20(22)11-7-4-8-13-23(21)18(2)24/h3,5-6,9-10,15,20-21H,4,7-8,11-14,16H2,1-2H3/b17-15+/t20-,21+/m1/s1. The molecular formula is C21H30N2O. The summed E-state index contributed by atoms with van der Waals surface area (Å²) in [6, 6.07) is 11.5. The topological polar surface area (TPSA) is 23.6 Å². The Morgan fingerprint density at radius 3 is 2.58 bits per heavy atom. The smallest absolute Gasteiger partial charge is 0.219 e. The first-order valence-electron chi connectivity index (χ1n) is 9.38. The molecular weight excluding hydrogens is 296 g/mol. The van der Waals surface area contributed by atoms with Gasteiger partial charge in [0.05, 0.1) is 0 Å². The fourth-order valence-corrected chi connectivity index (χ4v) is 4.40. The predicted molar refractivity (Wildman–Crippen MR) is 99.7 cm³/mol. The Morgan fingerprint density at radius 1 is 1.04 bits per heavy atom. The Kier molecular flexibility index (Phi) is 5.72. The Morgan fingerprint density at radius 2 is 1.83 bits per heavy atom. The summed E-state index contributed by atoms with van der Waals surface area (Å²) in [6.07, 6.45) is 8.36. The van der Waals surface area contributed by atoms with E-state index in [2.05, 4.69) is 53.1 Å². The molecule has 2 fully saturated rings. The zero-order valence-corrected chi connectivity index (χ0v) is 15.1. The number of benzene rings is 1. The molecule has 0 spiro atoms. The molecule has 0 aliphatic carbocycles. The van der Waals surface area contributed by atoms with Crippen LogP contribution in [0.4, 0.5) is 0 Å².